The fourth-order valence-corrected chi connectivity index (χ4v) is 5.26. The minimum Gasteiger partial charge on any atom is -0.481 e. The van der Waals surface area contributed by atoms with Crippen LogP contribution in [-0.4, -0.2) is 59.1 Å². The van der Waals surface area contributed by atoms with Gasteiger partial charge in [-0.1, -0.05) is 43.5 Å². The lowest BCUT2D eigenvalue weighted by atomic mass is 9.95. The Labute approximate surface area is 192 Å². The van der Waals surface area contributed by atoms with Gasteiger partial charge in [-0.3, -0.25) is 14.8 Å². The van der Waals surface area contributed by atoms with Gasteiger partial charge in [0.1, 0.15) is 5.82 Å². The van der Waals surface area contributed by atoms with Gasteiger partial charge in [0, 0.05) is 6.54 Å². The van der Waals surface area contributed by atoms with Gasteiger partial charge in [0.25, 0.3) is 5.91 Å². The topological polar surface area (TPSA) is 115 Å². The van der Waals surface area contributed by atoms with Crippen LogP contribution in [0.5, 0.6) is 0 Å². The Bertz CT molecular complexity index is 1070. The van der Waals surface area contributed by atoms with E-state index in [1.54, 1.807) is 24.3 Å². The van der Waals surface area contributed by atoms with Crippen LogP contribution in [0.15, 0.2) is 53.4 Å². The summed E-state index contributed by atoms with van der Waals surface area (Å²) in [6.45, 7) is -1.08. The Morgan fingerprint density at radius 1 is 0.939 bits per heavy atom. The molecule has 1 amide bonds. The summed E-state index contributed by atoms with van der Waals surface area (Å²) in [6.07, 6.45) is 3.54. The van der Waals surface area contributed by atoms with E-state index in [-0.39, 0.29) is 16.8 Å². The number of benzene rings is 2. The van der Waals surface area contributed by atoms with Crippen LogP contribution in [0.2, 0.25) is 0 Å². The summed E-state index contributed by atoms with van der Waals surface area (Å²) >= 11 is 0. The predicted molar refractivity (Wildman–Crippen MR) is 118 cm³/mol. The molecule has 8 nitrogen and oxygen atoms in total. The normalized spacial score (nSPS) is 14.9. The monoisotopic (exact) mass is 478 g/mol. The lowest BCUT2D eigenvalue weighted by molar-refractivity contribution is -0.178. The number of halogens is 1. The highest BCUT2D eigenvalue weighted by atomic mass is 32.2. The molecule has 0 saturated heterocycles. The fraction of sp³-hybridized carbons (Fsp3) is 0.391. The Hall–Kier alpha value is -2.82. The Kier molecular flexibility index (Phi) is 8.17. The summed E-state index contributed by atoms with van der Waals surface area (Å²) in [4.78, 5) is 23.6. The van der Waals surface area contributed by atoms with E-state index in [9.17, 15) is 27.6 Å². The standard InChI is InChI=1S/C23H27FN2O6S/c24-19-10-6-17(7-11-19)18-8-12-21(13-9-18)33(31,32)25(15-14-23(28)29)16-22(27)26(30)20-4-2-1-3-5-20/h6-13,20,30H,1-5,14-16H2,(H,28,29). The third-order valence-electron chi connectivity index (χ3n) is 5.73. The molecule has 1 aliphatic rings. The summed E-state index contributed by atoms with van der Waals surface area (Å²) in [5.41, 5.74) is 1.36. The smallest absolute Gasteiger partial charge is 0.304 e. The van der Waals surface area contributed by atoms with Gasteiger partial charge >= 0.3 is 5.97 Å². The van der Waals surface area contributed by atoms with E-state index in [1.807, 2.05) is 0 Å². The van der Waals surface area contributed by atoms with Gasteiger partial charge in [0.2, 0.25) is 10.0 Å². The van der Waals surface area contributed by atoms with E-state index in [2.05, 4.69) is 0 Å². The number of sulfonamides is 1. The minimum absolute atomic E-state index is 0.117. The first-order chi connectivity index (χ1) is 15.7. The number of amides is 1. The lowest BCUT2D eigenvalue weighted by Crippen LogP contribution is -2.46. The van der Waals surface area contributed by atoms with Crippen molar-refractivity contribution in [2.24, 2.45) is 0 Å². The van der Waals surface area contributed by atoms with Crippen molar-refractivity contribution in [3.8, 4) is 11.1 Å². The van der Waals surface area contributed by atoms with Crippen LogP contribution in [-0.2, 0) is 19.6 Å². The molecule has 0 heterocycles. The highest BCUT2D eigenvalue weighted by molar-refractivity contribution is 7.89. The minimum atomic E-state index is -4.21. The molecular formula is C23H27FN2O6S. The zero-order valence-corrected chi connectivity index (χ0v) is 18.9. The summed E-state index contributed by atoms with van der Waals surface area (Å²) in [7, 11) is -4.21. The molecule has 1 aliphatic carbocycles. The summed E-state index contributed by atoms with van der Waals surface area (Å²) in [5.74, 6) is -2.39. The van der Waals surface area contributed by atoms with Gasteiger partial charge in [0.15, 0.2) is 0 Å². The molecule has 0 spiro atoms. The molecule has 2 aromatic carbocycles. The molecule has 178 valence electrons. The van der Waals surface area contributed by atoms with Crippen LogP contribution >= 0.6 is 0 Å². The molecule has 3 rings (SSSR count). The van der Waals surface area contributed by atoms with Crippen molar-refractivity contribution in [3.63, 3.8) is 0 Å². The number of rotatable bonds is 9. The molecule has 1 fully saturated rings. The summed E-state index contributed by atoms with van der Waals surface area (Å²) in [6, 6.07) is 11.2. The SMILES string of the molecule is O=C(O)CCN(CC(=O)N(O)C1CCCCC1)S(=O)(=O)c1ccc(-c2ccc(F)cc2)cc1. The number of carboxylic acid groups (broad SMARTS) is 1. The third-order valence-corrected chi connectivity index (χ3v) is 7.59. The van der Waals surface area contributed by atoms with E-state index < -0.39 is 41.4 Å². The van der Waals surface area contributed by atoms with Gasteiger partial charge in [-0.15, -0.1) is 0 Å². The first kappa shape index (κ1) is 24.8. The number of carboxylic acids is 1. The molecule has 33 heavy (non-hydrogen) atoms. The Balaban J connectivity index is 1.80. The molecule has 1 saturated carbocycles. The largest absolute Gasteiger partial charge is 0.481 e. The van der Waals surface area contributed by atoms with Crippen LogP contribution in [0.4, 0.5) is 4.39 Å². The van der Waals surface area contributed by atoms with E-state index in [0.29, 0.717) is 29.0 Å². The van der Waals surface area contributed by atoms with Crippen molar-refractivity contribution in [2.75, 3.05) is 13.1 Å². The number of aliphatic carboxylic acids is 1. The van der Waals surface area contributed by atoms with Gasteiger partial charge in [-0.2, -0.15) is 4.31 Å². The quantitative estimate of drug-likeness (QED) is 0.421. The number of hydrogen-bond donors (Lipinski definition) is 2. The van der Waals surface area contributed by atoms with Gasteiger partial charge < -0.3 is 5.11 Å². The molecule has 2 aromatic rings. The summed E-state index contributed by atoms with van der Waals surface area (Å²) in [5, 5.41) is 19.9. The number of nitrogens with zero attached hydrogens (tertiary/aromatic N) is 2. The van der Waals surface area contributed by atoms with E-state index >= 15 is 0 Å². The zero-order chi connectivity index (χ0) is 24.0. The highest BCUT2D eigenvalue weighted by Gasteiger charge is 2.31. The molecule has 0 bridgehead atoms. The molecule has 0 radical (unpaired) electrons. The molecule has 0 aliphatic heterocycles. The highest BCUT2D eigenvalue weighted by Crippen LogP contribution is 2.25. The average Bonchev–Trinajstić information content (AvgIpc) is 2.82. The second kappa shape index (κ2) is 10.9. The molecule has 0 unspecified atom stereocenters. The van der Waals surface area contributed by atoms with Crippen molar-refractivity contribution in [2.45, 2.75) is 49.5 Å². The zero-order valence-electron chi connectivity index (χ0n) is 18.1. The number of carbonyl (C=O) groups is 2. The van der Waals surface area contributed by atoms with Gasteiger partial charge in [-0.05, 0) is 48.2 Å². The second-order valence-electron chi connectivity index (χ2n) is 8.04. The predicted octanol–water partition coefficient (Wildman–Crippen LogP) is 3.51. The van der Waals surface area contributed by atoms with E-state index in [4.69, 9.17) is 5.11 Å². The van der Waals surface area contributed by atoms with Crippen molar-refractivity contribution in [1.82, 2.24) is 9.37 Å². The van der Waals surface area contributed by atoms with Crippen LogP contribution in [0, 0.1) is 5.82 Å². The maximum atomic E-state index is 13.2. The summed E-state index contributed by atoms with van der Waals surface area (Å²) < 4.78 is 40.3. The third kappa shape index (κ3) is 6.37. The molecule has 0 atom stereocenters. The maximum absolute atomic E-state index is 13.2. The number of hydroxylamine groups is 2. The molecule has 10 heteroatoms. The average molecular weight is 479 g/mol. The molecule has 0 aromatic heterocycles. The van der Waals surface area contributed by atoms with Crippen LogP contribution in [0.3, 0.4) is 0 Å². The maximum Gasteiger partial charge on any atom is 0.304 e. The van der Waals surface area contributed by atoms with Gasteiger partial charge in [-0.25, -0.2) is 17.9 Å². The lowest BCUT2D eigenvalue weighted by Gasteiger charge is -2.30. The second-order valence-corrected chi connectivity index (χ2v) is 9.98. The number of hydrogen-bond acceptors (Lipinski definition) is 5. The number of carbonyl (C=O) groups excluding carboxylic acids is 1. The van der Waals surface area contributed by atoms with Crippen molar-refractivity contribution in [3.05, 3.63) is 54.3 Å². The van der Waals surface area contributed by atoms with Crippen LogP contribution in [0.1, 0.15) is 38.5 Å². The van der Waals surface area contributed by atoms with Crippen LogP contribution < -0.4 is 0 Å². The fourth-order valence-electron chi connectivity index (χ4n) is 3.87. The molecular weight excluding hydrogens is 451 g/mol. The van der Waals surface area contributed by atoms with Gasteiger partial charge in [0.05, 0.1) is 23.9 Å². The van der Waals surface area contributed by atoms with Crippen LogP contribution in [0.25, 0.3) is 11.1 Å². The Morgan fingerprint density at radius 3 is 2.03 bits per heavy atom. The first-order valence-electron chi connectivity index (χ1n) is 10.8. The van der Waals surface area contributed by atoms with E-state index in [0.717, 1.165) is 23.6 Å². The Morgan fingerprint density at radius 2 is 1.48 bits per heavy atom. The first-order valence-corrected chi connectivity index (χ1v) is 12.2. The van der Waals surface area contributed by atoms with E-state index in [1.165, 1.54) is 24.3 Å². The molecule has 2 N–H and O–H groups in total. The van der Waals surface area contributed by atoms with Crippen molar-refractivity contribution >= 4 is 21.9 Å². The van der Waals surface area contributed by atoms with Crippen molar-refractivity contribution in [1.29, 1.82) is 0 Å². The van der Waals surface area contributed by atoms with Crippen molar-refractivity contribution < 1.29 is 32.7 Å².